The summed E-state index contributed by atoms with van der Waals surface area (Å²) in [6.07, 6.45) is 5.25. The van der Waals surface area contributed by atoms with Crippen LogP contribution >= 0.6 is 0 Å². The number of rotatable bonds is 4. The van der Waals surface area contributed by atoms with Crippen molar-refractivity contribution in [3.05, 3.63) is 35.1 Å². The van der Waals surface area contributed by atoms with Crippen molar-refractivity contribution in [1.82, 2.24) is 5.32 Å². The van der Waals surface area contributed by atoms with Crippen molar-refractivity contribution in [2.24, 2.45) is 11.7 Å². The van der Waals surface area contributed by atoms with Gasteiger partial charge in [-0.1, -0.05) is 24.7 Å². The standard InChI is InChI=1S/C17H21FN2O/c18-16-8-7-14(6-3-9-19)10-15(16)12-20-17(21)11-13-4-1-2-5-13/h7-8,10,13H,1-2,4-5,9,11-12,19H2,(H,20,21). The number of hydrogen-bond acceptors (Lipinski definition) is 2. The first-order chi connectivity index (χ1) is 10.2. The maximum absolute atomic E-state index is 13.7. The molecule has 1 aromatic rings. The van der Waals surface area contributed by atoms with E-state index in [1.807, 2.05) is 0 Å². The predicted molar refractivity (Wildman–Crippen MR) is 80.8 cm³/mol. The van der Waals surface area contributed by atoms with Gasteiger partial charge < -0.3 is 11.1 Å². The van der Waals surface area contributed by atoms with E-state index in [9.17, 15) is 9.18 Å². The second kappa shape index (κ2) is 7.80. The number of amides is 1. The molecule has 1 fully saturated rings. The summed E-state index contributed by atoms with van der Waals surface area (Å²) in [4.78, 5) is 11.9. The molecule has 1 amide bonds. The highest BCUT2D eigenvalue weighted by Gasteiger charge is 2.18. The van der Waals surface area contributed by atoms with Gasteiger partial charge in [-0.25, -0.2) is 4.39 Å². The molecule has 0 unspecified atom stereocenters. The van der Waals surface area contributed by atoms with Crippen LogP contribution in [0.25, 0.3) is 0 Å². The Hall–Kier alpha value is -1.86. The van der Waals surface area contributed by atoms with Crippen LogP contribution in [0.5, 0.6) is 0 Å². The van der Waals surface area contributed by atoms with Crippen LogP contribution in [0, 0.1) is 23.6 Å². The van der Waals surface area contributed by atoms with Crippen molar-refractivity contribution in [1.29, 1.82) is 0 Å². The van der Waals surface area contributed by atoms with Gasteiger partial charge in [-0.2, -0.15) is 0 Å². The summed E-state index contributed by atoms with van der Waals surface area (Å²) in [7, 11) is 0. The van der Waals surface area contributed by atoms with E-state index >= 15 is 0 Å². The molecular formula is C17H21FN2O. The maximum atomic E-state index is 13.7. The molecule has 1 aromatic carbocycles. The van der Waals surface area contributed by atoms with Crippen LogP contribution in [0.1, 0.15) is 43.2 Å². The van der Waals surface area contributed by atoms with Crippen molar-refractivity contribution in [3.8, 4) is 11.8 Å². The minimum atomic E-state index is -0.325. The number of hydrogen-bond donors (Lipinski definition) is 2. The lowest BCUT2D eigenvalue weighted by Crippen LogP contribution is -2.25. The lowest BCUT2D eigenvalue weighted by Gasteiger charge is -2.10. The molecule has 1 aliphatic rings. The van der Waals surface area contributed by atoms with E-state index in [2.05, 4.69) is 17.2 Å². The van der Waals surface area contributed by atoms with E-state index in [-0.39, 0.29) is 24.8 Å². The fraction of sp³-hybridized carbons (Fsp3) is 0.471. The van der Waals surface area contributed by atoms with Gasteiger partial charge >= 0.3 is 0 Å². The molecule has 1 saturated carbocycles. The van der Waals surface area contributed by atoms with Gasteiger partial charge in [-0.05, 0) is 37.0 Å². The molecule has 2 rings (SSSR count). The molecule has 4 heteroatoms. The molecule has 1 aliphatic carbocycles. The third kappa shape index (κ3) is 4.87. The van der Waals surface area contributed by atoms with Crippen LogP contribution in [0.4, 0.5) is 4.39 Å². The van der Waals surface area contributed by atoms with Gasteiger partial charge in [0.1, 0.15) is 5.82 Å². The van der Waals surface area contributed by atoms with Crippen molar-refractivity contribution in [3.63, 3.8) is 0 Å². The highest BCUT2D eigenvalue weighted by molar-refractivity contribution is 5.76. The second-order valence-electron chi connectivity index (χ2n) is 5.44. The number of carbonyl (C=O) groups is 1. The molecule has 112 valence electrons. The Bertz CT molecular complexity index is 554. The summed E-state index contributed by atoms with van der Waals surface area (Å²) < 4.78 is 13.7. The van der Waals surface area contributed by atoms with Crippen LogP contribution in [0.3, 0.4) is 0 Å². The Labute approximate surface area is 125 Å². The molecule has 3 nitrogen and oxygen atoms in total. The van der Waals surface area contributed by atoms with Crippen LogP contribution in [0.2, 0.25) is 0 Å². The van der Waals surface area contributed by atoms with Crippen LogP contribution in [-0.2, 0) is 11.3 Å². The lowest BCUT2D eigenvalue weighted by molar-refractivity contribution is -0.122. The van der Waals surface area contributed by atoms with Gasteiger partial charge in [0.05, 0.1) is 6.54 Å². The number of nitrogens with two attached hydrogens (primary N) is 1. The summed E-state index contributed by atoms with van der Waals surface area (Å²) in [5.74, 6) is 5.77. The molecule has 3 N–H and O–H groups in total. The van der Waals surface area contributed by atoms with Crippen molar-refractivity contribution >= 4 is 5.91 Å². The lowest BCUT2D eigenvalue weighted by atomic mass is 10.0. The number of benzene rings is 1. The number of halogens is 1. The van der Waals surface area contributed by atoms with E-state index in [0.717, 1.165) is 12.8 Å². The Balaban J connectivity index is 1.90. The number of carbonyl (C=O) groups excluding carboxylic acids is 1. The average Bonchev–Trinajstić information content (AvgIpc) is 2.98. The van der Waals surface area contributed by atoms with E-state index < -0.39 is 0 Å². The zero-order valence-electron chi connectivity index (χ0n) is 12.1. The van der Waals surface area contributed by atoms with Crippen molar-refractivity contribution < 1.29 is 9.18 Å². The predicted octanol–water partition coefficient (Wildman–Crippen LogP) is 2.33. The smallest absolute Gasteiger partial charge is 0.220 e. The first kappa shape index (κ1) is 15.5. The Kier molecular flexibility index (Phi) is 5.77. The quantitative estimate of drug-likeness (QED) is 0.836. The summed E-state index contributed by atoms with van der Waals surface area (Å²) in [6.45, 7) is 0.473. The first-order valence-electron chi connectivity index (χ1n) is 7.43. The molecule has 0 heterocycles. The Morgan fingerprint density at radius 1 is 1.38 bits per heavy atom. The summed E-state index contributed by atoms with van der Waals surface area (Å²) in [5, 5.41) is 2.80. The van der Waals surface area contributed by atoms with E-state index in [0.29, 0.717) is 23.5 Å². The van der Waals surface area contributed by atoms with Gasteiger partial charge in [0.15, 0.2) is 0 Å². The highest BCUT2D eigenvalue weighted by Crippen LogP contribution is 2.27. The summed E-state index contributed by atoms with van der Waals surface area (Å²) in [6, 6.07) is 4.65. The number of nitrogens with one attached hydrogen (secondary N) is 1. The zero-order valence-corrected chi connectivity index (χ0v) is 12.1. The maximum Gasteiger partial charge on any atom is 0.220 e. The minimum absolute atomic E-state index is 0.000236. The fourth-order valence-corrected chi connectivity index (χ4v) is 2.68. The van der Waals surface area contributed by atoms with Crippen LogP contribution in [0.15, 0.2) is 18.2 Å². The second-order valence-corrected chi connectivity index (χ2v) is 5.44. The van der Waals surface area contributed by atoms with Gasteiger partial charge in [-0.15, -0.1) is 0 Å². The average molecular weight is 288 g/mol. The molecule has 0 aromatic heterocycles. The van der Waals surface area contributed by atoms with Gasteiger partial charge in [0, 0.05) is 24.1 Å². The highest BCUT2D eigenvalue weighted by atomic mass is 19.1. The summed E-state index contributed by atoms with van der Waals surface area (Å²) in [5.41, 5.74) is 6.48. The normalized spacial score (nSPS) is 14.6. The minimum Gasteiger partial charge on any atom is -0.352 e. The van der Waals surface area contributed by atoms with Gasteiger partial charge in [0.25, 0.3) is 0 Å². The first-order valence-corrected chi connectivity index (χ1v) is 7.43. The largest absolute Gasteiger partial charge is 0.352 e. The van der Waals surface area contributed by atoms with E-state index in [1.54, 1.807) is 12.1 Å². The van der Waals surface area contributed by atoms with Crippen LogP contribution < -0.4 is 11.1 Å². The molecule has 21 heavy (non-hydrogen) atoms. The molecule has 0 atom stereocenters. The molecule has 0 bridgehead atoms. The monoisotopic (exact) mass is 288 g/mol. The third-order valence-corrected chi connectivity index (χ3v) is 3.81. The van der Waals surface area contributed by atoms with Gasteiger partial charge in [0.2, 0.25) is 5.91 Å². The Morgan fingerprint density at radius 2 is 2.14 bits per heavy atom. The van der Waals surface area contributed by atoms with E-state index in [1.165, 1.54) is 18.9 Å². The summed E-state index contributed by atoms with van der Waals surface area (Å²) >= 11 is 0. The zero-order chi connectivity index (χ0) is 15.1. The van der Waals surface area contributed by atoms with Crippen molar-refractivity contribution in [2.75, 3.05) is 6.54 Å². The molecule has 0 saturated heterocycles. The fourth-order valence-electron chi connectivity index (χ4n) is 2.68. The molecule has 0 spiro atoms. The molecule has 0 aliphatic heterocycles. The molecular weight excluding hydrogens is 267 g/mol. The van der Waals surface area contributed by atoms with Gasteiger partial charge in [-0.3, -0.25) is 4.79 Å². The van der Waals surface area contributed by atoms with E-state index in [4.69, 9.17) is 5.73 Å². The SMILES string of the molecule is NCC#Cc1ccc(F)c(CNC(=O)CC2CCCC2)c1. The topological polar surface area (TPSA) is 55.1 Å². The molecule has 0 radical (unpaired) electrons. The van der Waals surface area contributed by atoms with Crippen molar-refractivity contribution in [2.45, 2.75) is 38.6 Å². The third-order valence-electron chi connectivity index (χ3n) is 3.81. The van der Waals surface area contributed by atoms with Crippen LogP contribution in [-0.4, -0.2) is 12.5 Å². The Morgan fingerprint density at radius 3 is 2.86 bits per heavy atom.